The number of nitrogens with one attached hydrogen (secondary N) is 1. The van der Waals surface area contributed by atoms with Crippen LogP contribution in [0, 0.1) is 13.8 Å². The summed E-state index contributed by atoms with van der Waals surface area (Å²) in [5.41, 5.74) is 5.92. The maximum Gasteiger partial charge on any atom is 0.255 e. The Bertz CT molecular complexity index is 1110. The summed E-state index contributed by atoms with van der Waals surface area (Å²) >= 11 is 5.87. The van der Waals surface area contributed by atoms with E-state index < -0.39 is 0 Å². The molecule has 0 aliphatic carbocycles. The van der Waals surface area contributed by atoms with Gasteiger partial charge in [0.2, 0.25) is 5.89 Å². The van der Waals surface area contributed by atoms with Crippen molar-refractivity contribution in [2.45, 2.75) is 13.8 Å². The number of aryl methyl sites for hydroxylation is 2. The van der Waals surface area contributed by atoms with Gasteiger partial charge in [-0.3, -0.25) is 4.79 Å². The van der Waals surface area contributed by atoms with Crippen molar-refractivity contribution in [2.75, 3.05) is 5.32 Å². The van der Waals surface area contributed by atoms with Crippen LogP contribution in [-0.2, 0) is 0 Å². The molecule has 27 heavy (non-hydrogen) atoms. The zero-order valence-electron chi connectivity index (χ0n) is 14.9. The second-order valence-electron chi connectivity index (χ2n) is 6.47. The second-order valence-corrected chi connectivity index (χ2v) is 6.90. The summed E-state index contributed by atoms with van der Waals surface area (Å²) < 4.78 is 5.91. The van der Waals surface area contributed by atoms with Gasteiger partial charge in [0.25, 0.3) is 5.91 Å². The quantitative estimate of drug-likeness (QED) is 0.475. The molecule has 4 aromatic rings. The van der Waals surface area contributed by atoms with Crippen LogP contribution in [0.5, 0.6) is 0 Å². The average Bonchev–Trinajstić information content (AvgIpc) is 3.05. The number of amides is 1. The number of carbonyl (C=O) groups excluding carboxylic acids is 1. The Balaban J connectivity index is 1.62. The highest BCUT2D eigenvalue weighted by molar-refractivity contribution is 6.30. The highest BCUT2D eigenvalue weighted by atomic mass is 35.5. The third-order valence-electron chi connectivity index (χ3n) is 4.48. The van der Waals surface area contributed by atoms with Crippen molar-refractivity contribution in [1.29, 1.82) is 0 Å². The Morgan fingerprint density at radius 3 is 2.52 bits per heavy atom. The first-order valence-electron chi connectivity index (χ1n) is 8.55. The van der Waals surface area contributed by atoms with Gasteiger partial charge < -0.3 is 9.73 Å². The molecule has 0 fully saturated rings. The molecule has 1 heterocycles. The third kappa shape index (κ3) is 3.57. The van der Waals surface area contributed by atoms with E-state index in [2.05, 4.69) is 17.2 Å². The van der Waals surface area contributed by atoms with Gasteiger partial charge in [0.1, 0.15) is 5.52 Å². The molecule has 4 nitrogen and oxygen atoms in total. The largest absolute Gasteiger partial charge is 0.436 e. The summed E-state index contributed by atoms with van der Waals surface area (Å²) in [5.74, 6) is 0.324. The molecule has 0 spiro atoms. The first-order valence-corrected chi connectivity index (χ1v) is 8.92. The number of oxazole rings is 1. The first-order chi connectivity index (χ1) is 13.0. The molecule has 3 aromatic carbocycles. The summed E-state index contributed by atoms with van der Waals surface area (Å²) in [5, 5.41) is 3.48. The van der Waals surface area contributed by atoms with Crippen LogP contribution in [0.3, 0.4) is 0 Å². The molecule has 0 radical (unpaired) electrons. The van der Waals surface area contributed by atoms with E-state index in [0.717, 1.165) is 22.2 Å². The molecule has 1 N–H and O–H groups in total. The number of hydrogen-bond donors (Lipinski definition) is 1. The van der Waals surface area contributed by atoms with Gasteiger partial charge in [-0.2, -0.15) is 0 Å². The van der Waals surface area contributed by atoms with E-state index in [1.165, 1.54) is 5.56 Å². The maximum atomic E-state index is 12.4. The lowest BCUT2D eigenvalue weighted by atomic mass is 10.1. The molecule has 134 valence electrons. The number of hydrogen-bond acceptors (Lipinski definition) is 3. The minimum Gasteiger partial charge on any atom is -0.436 e. The minimum atomic E-state index is -0.201. The SMILES string of the molecule is Cc1cc2nc(-c3cccc(NC(=O)c4ccc(Cl)cc4)c3)oc2cc1C. The molecule has 5 heteroatoms. The van der Waals surface area contributed by atoms with Crippen LogP contribution in [-0.4, -0.2) is 10.9 Å². The van der Waals surface area contributed by atoms with Crippen LogP contribution in [0.2, 0.25) is 5.02 Å². The number of anilines is 1. The van der Waals surface area contributed by atoms with Crippen molar-refractivity contribution < 1.29 is 9.21 Å². The molecule has 0 bridgehead atoms. The molecule has 0 atom stereocenters. The number of rotatable bonds is 3. The topological polar surface area (TPSA) is 55.1 Å². The van der Waals surface area contributed by atoms with Crippen LogP contribution < -0.4 is 5.32 Å². The lowest BCUT2D eigenvalue weighted by Crippen LogP contribution is -2.11. The van der Waals surface area contributed by atoms with Gasteiger partial charge in [0.15, 0.2) is 5.58 Å². The third-order valence-corrected chi connectivity index (χ3v) is 4.73. The number of nitrogens with zero attached hydrogens (tertiary/aromatic N) is 1. The van der Waals surface area contributed by atoms with Crippen molar-refractivity contribution in [3.05, 3.63) is 82.4 Å². The standard InChI is InChI=1S/C22H17ClN2O2/c1-13-10-19-20(11-14(13)2)27-22(25-19)16-4-3-5-18(12-16)24-21(26)15-6-8-17(23)9-7-15/h3-12H,1-2H3,(H,24,26). The second kappa shape index (κ2) is 6.89. The van der Waals surface area contributed by atoms with Crippen molar-refractivity contribution in [3.8, 4) is 11.5 Å². The molecule has 1 amide bonds. The van der Waals surface area contributed by atoms with Crippen LogP contribution in [0.1, 0.15) is 21.5 Å². The predicted molar refractivity (Wildman–Crippen MR) is 108 cm³/mol. The average molecular weight is 377 g/mol. The van der Waals surface area contributed by atoms with E-state index in [-0.39, 0.29) is 5.91 Å². The fourth-order valence-corrected chi connectivity index (χ4v) is 2.96. The number of halogens is 1. The van der Waals surface area contributed by atoms with E-state index in [0.29, 0.717) is 22.2 Å². The zero-order chi connectivity index (χ0) is 19.0. The van der Waals surface area contributed by atoms with Crippen molar-refractivity contribution in [1.82, 2.24) is 4.98 Å². The van der Waals surface area contributed by atoms with E-state index >= 15 is 0 Å². The number of carbonyl (C=O) groups is 1. The van der Waals surface area contributed by atoms with Crippen LogP contribution in [0.4, 0.5) is 5.69 Å². The fourth-order valence-electron chi connectivity index (χ4n) is 2.84. The number of aromatic nitrogens is 1. The monoisotopic (exact) mass is 376 g/mol. The number of benzene rings is 3. The van der Waals surface area contributed by atoms with Gasteiger partial charge in [0.05, 0.1) is 0 Å². The normalized spacial score (nSPS) is 10.9. The maximum absolute atomic E-state index is 12.4. The van der Waals surface area contributed by atoms with Gasteiger partial charge in [-0.1, -0.05) is 17.7 Å². The fraction of sp³-hybridized carbons (Fsp3) is 0.0909. The van der Waals surface area contributed by atoms with Crippen LogP contribution >= 0.6 is 11.6 Å². The summed E-state index contributed by atoms with van der Waals surface area (Å²) in [7, 11) is 0. The molecule has 0 aliphatic rings. The molecule has 0 saturated heterocycles. The molecule has 0 aliphatic heterocycles. The highest BCUT2D eigenvalue weighted by Gasteiger charge is 2.11. The lowest BCUT2D eigenvalue weighted by Gasteiger charge is -2.06. The summed E-state index contributed by atoms with van der Waals surface area (Å²) in [4.78, 5) is 17.0. The Hall–Kier alpha value is -3.11. The lowest BCUT2D eigenvalue weighted by molar-refractivity contribution is 0.102. The zero-order valence-corrected chi connectivity index (χ0v) is 15.7. The Morgan fingerprint density at radius 1 is 1.00 bits per heavy atom. The first kappa shape index (κ1) is 17.3. The van der Waals surface area contributed by atoms with Crippen molar-refractivity contribution in [3.63, 3.8) is 0 Å². The molecular weight excluding hydrogens is 360 g/mol. The van der Waals surface area contributed by atoms with Crippen LogP contribution in [0.25, 0.3) is 22.6 Å². The molecule has 0 unspecified atom stereocenters. The van der Waals surface area contributed by atoms with Gasteiger partial charge in [0, 0.05) is 21.8 Å². The molecule has 1 aromatic heterocycles. The predicted octanol–water partition coefficient (Wildman–Crippen LogP) is 6.02. The summed E-state index contributed by atoms with van der Waals surface area (Å²) in [6, 6.07) is 18.2. The summed E-state index contributed by atoms with van der Waals surface area (Å²) in [6.07, 6.45) is 0. The highest BCUT2D eigenvalue weighted by Crippen LogP contribution is 2.28. The van der Waals surface area contributed by atoms with Crippen molar-refractivity contribution >= 4 is 34.3 Å². The van der Waals surface area contributed by atoms with Gasteiger partial charge in [-0.05, 0) is 79.6 Å². The van der Waals surface area contributed by atoms with Gasteiger partial charge in [-0.15, -0.1) is 0 Å². The smallest absolute Gasteiger partial charge is 0.255 e. The Kier molecular flexibility index (Phi) is 4.42. The molecule has 4 rings (SSSR count). The van der Waals surface area contributed by atoms with Crippen molar-refractivity contribution in [2.24, 2.45) is 0 Å². The van der Waals surface area contributed by atoms with Gasteiger partial charge in [-0.25, -0.2) is 4.98 Å². The summed E-state index contributed by atoms with van der Waals surface area (Å²) in [6.45, 7) is 4.10. The molecule has 0 saturated carbocycles. The van der Waals surface area contributed by atoms with E-state index in [4.69, 9.17) is 16.0 Å². The van der Waals surface area contributed by atoms with E-state index in [9.17, 15) is 4.79 Å². The van der Waals surface area contributed by atoms with Crippen LogP contribution in [0.15, 0.2) is 65.1 Å². The minimum absolute atomic E-state index is 0.201. The molecular formula is C22H17ClN2O2. The Morgan fingerprint density at radius 2 is 1.74 bits per heavy atom. The van der Waals surface area contributed by atoms with E-state index in [1.807, 2.05) is 43.3 Å². The Labute approximate surface area is 161 Å². The number of fused-ring (bicyclic) bond motifs is 1. The van der Waals surface area contributed by atoms with Gasteiger partial charge >= 0.3 is 0 Å². The van der Waals surface area contributed by atoms with E-state index in [1.54, 1.807) is 24.3 Å².